The molecule has 0 aliphatic carbocycles. The van der Waals surface area contributed by atoms with Gasteiger partial charge in [0.1, 0.15) is 0 Å². The summed E-state index contributed by atoms with van der Waals surface area (Å²) in [5.41, 5.74) is 0. The molecule has 0 unspecified atom stereocenters. The molecule has 1 N–H and O–H groups in total. The van der Waals surface area contributed by atoms with Gasteiger partial charge in [0.15, 0.2) is 0 Å². The zero-order valence-electron chi connectivity index (χ0n) is 6.34. The summed E-state index contributed by atoms with van der Waals surface area (Å²) in [5, 5.41) is 8.09. The van der Waals surface area contributed by atoms with Crippen molar-refractivity contribution in [1.82, 2.24) is 0 Å². The Morgan fingerprint density at radius 2 is 2.00 bits per heavy atom. The smallest absolute Gasteiger partial charge is 0.307 e. The normalized spacial score (nSPS) is 8.50. The van der Waals surface area contributed by atoms with Gasteiger partial charge in [-0.2, -0.15) is 0 Å². The molecule has 2 heteroatoms. The minimum absolute atomic E-state index is 0.147. The number of aliphatic carboxylic acids is 1. The molecule has 0 atom stereocenters. The van der Waals surface area contributed by atoms with Crippen molar-refractivity contribution >= 4 is 5.97 Å². The van der Waals surface area contributed by atoms with Crippen molar-refractivity contribution in [3.05, 3.63) is 25.3 Å². The van der Waals surface area contributed by atoms with Gasteiger partial charge in [0, 0.05) is 0 Å². The standard InChI is InChI=1S/C6H10O2.C2H4/c1-2-3-4-5-6(7)8;1-2/h3-4H,2,5H2,1H3,(H,7,8);1-2H2. The summed E-state index contributed by atoms with van der Waals surface area (Å²) < 4.78 is 0. The number of allylic oxidation sites excluding steroid dienone is 1. The molecule has 0 amide bonds. The maximum Gasteiger partial charge on any atom is 0.307 e. The average Bonchev–Trinajstić information content (AvgIpc) is 1.92. The Morgan fingerprint density at radius 1 is 1.50 bits per heavy atom. The van der Waals surface area contributed by atoms with Gasteiger partial charge >= 0.3 is 5.97 Å². The Labute approximate surface area is 61.9 Å². The van der Waals surface area contributed by atoms with Crippen LogP contribution in [0.2, 0.25) is 0 Å². The summed E-state index contributed by atoms with van der Waals surface area (Å²) in [4.78, 5) is 9.82. The molecule has 58 valence electrons. The van der Waals surface area contributed by atoms with Crippen LogP contribution in [0, 0.1) is 0 Å². The largest absolute Gasteiger partial charge is 0.481 e. The molecule has 0 aromatic rings. The van der Waals surface area contributed by atoms with E-state index >= 15 is 0 Å². The molecular weight excluding hydrogens is 128 g/mol. The van der Waals surface area contributed by atoms with Crippen molar-refractivity contribution in [2.45, 2.75) is 19.8 Å². The topological polar surface area (TPSA) is 37.3 Å². The zero-order valence-corrected chi connectivity index (χ0v) is 6.34. The number of hydrogen-bond donors (Lipinski definition) is 1. The van der Waals surface area contributed by atoms with Crippen LogP contribution >= 0.6 is 0 Å². The van der Waals surface area contributed by atoms with Crippen molar-refractivity contribution in [2.24, 2.45) is 0 Å². The van der Waals surface area contributed by atoms with Crippen molar-refractivity contribution < 1.29 is 9.90 Å². The lowest BCUT2D eigenvalue weighted by atomic mass is 10.3. The maximum absolute atomic E-state index is 9.82. The van der Waals surface area contributed by atoms with Crippen LogP contribution in [0.5, 0.6) is 0 Å². The van der Waals surface area contributed by atoms with Gasteiger partial charge < -0.3 is 5.11 Å². The number of carboxylic acid groups (broad SMARTS) is 1. The molecule has 0 aromatic carbocycles. The van der Waals surface area contributed by atoms with Crippen LogP contribution in [-0.2, 0) is 4.79 Å². The minimum Gasteiger partial charge on any atom is -0.481 e. The van der Waals surface area contributed by atoms with Crippen LogP contribution in [0.25, 0.3) is 0 Å². The highest BCUT2D eigenvalue weighted by Gasteiger charge is 1.86. The molecule has 0 fully saturated rings. The fraction of sp³-hybridized carbons (Fsp3) is 0.375. The van der Waals surface area contributed by atoms with E-state index in [0.29, 0.717) is 0 Å². The minimum atomic E-state index is -0.769. The van der Waals surface area contributed by atoms with Crippen molar-refractivity contribution in [1.29, 1.82) is 0 Å². The average molecular weight is 142 g/mol. The second-order valence-electron chi connectivity index (χ2n) is 1.48. The molecule has 0 saturated carbocycles. The van der Waals surface area contributed by atoms with E-state index < -0.39 is 5.97 Å². The van der Waals surface area contributed by atoms with Crippen LogP contribution in [0.3, 0.4) is 0 Å². The van der Waals surface area contributed by atoms with Gasteiger partial charge in [-0.05, 0) is 6.42 Å². The molecule has 2 nitrogen and oxygen atoms in total. The lowest BCUT2D eigenvalue weighted by Gasteiger charge is -1.80. The maximum atomic E-state index is 9.82. The van der Waals surface area contributed by atoms with Crippen molar-refractivity contribution in [3.63, 3.8) is 0 Å². The lowest BCUT2D eigenvalue weighted by Crippen LogP contribution is -1.89. The highest BCUT2D eigenvalue weighted by atomic mass is 16.4. The Balaban J connectivity index is 0. The van der Waals surface area contributed by atoms with Crippen LogP contribution in [0.15, 0.2) is 25.3 Å². The molecular formula is C8H14O2. The van der Waals surface area contributed by atoms with E-state index in [0.717, 1.165) is 6.42 Å². The zero-order chi connectivity index (χ0) is 8.41. The summed E-state index contributed by atoms with van der Waals surface area (Å²) in [6, 6.07) is 0. The Bertz CT molecular complexity index is 106. The fourth-order valence-corrected chi connectivity index (χ4v) is 0.351. The fourth-order valence-electron chi connectivity index (χ4n) is 0.351. The third-order valence-corrected chi connectivity index (χ3v) is 0.695. The molecule has 10 heavy (non-hydrogen) atoms. The summed E-state index contributed by atoms with van der Waals surface area (Å²) >= 11 is 0. The molecule has 0 aromatic heterocycles. The van der Waals surface area contributed by atoms with Gasteiger partial charge in [0.25, 0.3) is 0 Å². The highest BCUT2D eigenvalue weighted by Crippen LogP contribution is 1.84. The van der Waals surface area contributed by atoms with E-state index in [4.69, 9.17) is 5.11 Å². The molecule has 0 aliphatic rings. The second kappa shape index (κ2) is 10.8. The van der Waals surface area contributed by atoms with E-state index in [1.165, 1.54) is 0 Å². The third-order valence-electron chi connectivity index (χ3n) is 0.695. The molecule has 0 aliphatic heterocycles. The Hall–Kier alpha value is -1.05. The molecule has 0 heterocycles. The molecule has 0 rings (SSSR count). The second-order valence-corrected chi connectivity index (χ2v) is 1.48. The van der Waals surface area contributed by atoms with Crippen LogP contribution in [-0.4, -0.2) is 11.1 Å². The number of carbonyl (C=O) groups is 1. The van der Waals surface area contributed by atoms with Crippen LogP contribution in [0.4, 0.5) is 0 Å². The lowest BCUT2D eigenvalue weighted by molar-refractivity contribution is -0.136. The Morgan fingerprint density at radius 3 is 2.30 bits per heavy atom. The summed E-state index contributed by atoms with van der Waals surface area (Å²) in [6.07, 6.45) is 4.55. The van der Waals surface area contributed by atoms with E-state index in [1.807, 2.05) is 13.0 Å². The molecule has 0 bridgehead atoms. The first-order valence-electron chi connectivity index (χ1n) is 3.14. The quantitative estimate of drug-likeness (QED) is 0.613. The van der Waals surface area contributed by atoms with E-state index in [1.54, 1.807) is 6.08 Å². The first-order valence-corrected chi connectivity index (χ1v) is 3.14. The Kier molecular flexibility index (Phi) is 12.7. The molecule has 0 saturated heterocycles. The van der Waals surface area contributed by atoms with Gasteiger partial charge in [-0.25, -0.2) is 0 Å². The predicted octanol–water partition coefficient (Wildman–Crippen LogP) is 2.23. The first-order chi connectivity index (χ1) is 4.77. The van der Waals surface area contributed by atoms with Gasteiger partial charge in [-0.1, -0.05) is 19.1 Å². The monoisotopic (exact) mass is 142 g/mol. The van der Waals surface area contributed by atoms with Crippen LogP contribution in [0.1, 0.15) is 19.8 Å². The SMILES string of the molecule is C=C.CCC=CCC(=O)O. The number of carboxylic acids is 1. The first kappa shape index (κ1) is 11.7. The predicted molar refractivity (Wildman–Crippen MR) is 42.9 cm³/mol. The molecule has 0 radical (unpaired) electrons. The summed E-state index contributed by atoms with van der Waals surface area (Å²) in [6.45, 7) is 7.97. The van der Waals surface area contributed by atoms with Crippen LogP contribution < -0.4 is 0 Å². The van der Waals surface area contributed by atoms with Gasteiger partial charge in [0.2, 0.25) is 0 Å². The van der Waals surface area contributed by atoms with E-state index in [-0.39, 0.29) is 6.42 Å². The number of rotatable bonds is 3. The van der Waals surface area contributed by atoms with Crippen molar-refractivity contribution in [2.75, 3.05) is 0 Å². The van der Waals surface area contributed by atoms with Gasteiger partial charge in [0.05, 0.1) is 6.42 Å². The highest BCUT2D eigenvalue weighted by molar-refractivity contribution is 5.68. The number of hydrogen-bond acceptors (Lipinski definition) is 1. The van der Waals surface area contributed by atoms with Gasteiger partial charge in [-0.15, -0.1) is 13.2 Å². The summed E-state index contributed by atoms with van der Waals surface area (Å²) in [7, 11) is 0. The third kappa shape index (κ3) is 15.8. The molecule has 0 spiro atoms. The van der Waals surface area contributed by atoms with Crippen molar-refractivity contribution in [3.8, 4) is 0 Å². The van der Waals surface area contributed by atoms with Gasteiger partial charge in [-0.3, -0.25) is 4.79 Å². The van der Waals surface area contributed by atoms with E-state index in [2.05, 4.69) is 13.2 Å². The summed E-state index contributed by atoms with van der Waals surface area (Å²) in [5.74, 6) is -0.769. The van der Waals surface area contributed by atoms with E-state index in [9.17, 15) is 4.79 Å².